The Morgan fingerprint density at radius 2 is 1.17 bits per heavy atom. The first-order valence-corrected chi connectivity index (χ1v) is 20.5. The highest BCUT2D eigenvalue weighted by molar-refractivity contribution is 5.76. The van der Waals surface area contributed by atoms with Crippen molar-refractivity contribution in [2.24, 2.45) is 0 Å². The molecule has 0 saturated carbocycles. The summed E-state index contributed by atoms with van der Waals surface area (Å²) < 4.78 is 11.1. The first-order valence-electron chi connectivity index (χ1n) is 20.5. The third kappa shape index (κ3) is 25.2. The Hall–Kier alpha value is -2.89. The van der Waals surface area contributed by atoms with E-state index in [2.05, 4.69) is 104 Å². The number of nitrogens with one attached hydrogen (secondary N) is 1. The highest BCUT2D eigenvalue weighted by Gasteiger charge is 2.44. The van der Waals surface area contributed by atoms with Crippen LogP contribution in [-0.4, -0.2) is 87.5 Å². The normalized spacial score (nSPS) is 22.5. The van der Waals surface area contributed by atoms with Crippen molar-refractivity contribution in [3.8, 4) is 0 Å². The minimum absolute atomic E-state index is 0.227. The van der Waals surface area contributed by atoms with E-state index in [0.717, 1.165) is 77.0 Å². The maximum atomic E-state index is 12.9. The molecule has 0 aromatic heterocycles. The van der Waals surface area contributed by atoms with Crippen LogP contribution >= 0.6 is 0 Å². The average molecular weight is 756 g/mol. The lowest BCUT2D eigenvalue weighted by Gasteiger charge is -2.40. The minimum Gasteiger partial charge on any atom is -0.394 e. The minimum atomic E-state index is -1.58. The standard InChI is InChI=1S/C45H73NO8/c1-3-5-7-9-11-13-15-17-18-19-20-21-22-23-25-27-29-31-33-35-41(49)46-38(37-53-45-44(52)43(51)42(50)40(36-47)54-45)39(48)34-32-30-28-26-24-16-14-12-10-8-6-4-2/h5,7,10-13,17-18,20-21,23-26,32,34,38-40,42-45,47-48,50-52H,3-4,6,8-9,14-16,19,22,27-31,33,35-37H2,1-2H3,(H,46,49)/b7-5-,12-10+,13-11-,18-17-,21-20-,25-23-,26-24+,34-32+. The van der Waals surface area contributed by atoms with Gasteiger partial charge in [-0.15, -0.1) is 0 Å². The fraction of sp³-hybridized carbons (Fsp3) is 0.622. The van der Waals surface area contributed by atoms with Crippen molar-refractivity contribution < 1.29 is 39.8 Å². The molecule has 0 radical (unpaired) electrons. The number of allylic oxidation sites excluding steroid dienone is 15. The molecule has 9 heteroatoms. The van der Waals surface area contributed by atoms with E-state index >= 15 is 0 Å². The number of hydrogen-bond acceptors (Lipinski definition) is 8. The molecule has 9 nitrogen and oxygen atoms in total. The highest BCUT2D eigenvalue weighted by atomic mass is 16.7. The number of amides is 1. The molecule has 0 aromatic rings. The summed E-state index contributed by atoms with van der Waals surface area (Å²) in [5.74, 6) is -0.230. The van der Waals surface area contributed by atoms with Crippen molar-refractivity contribution in [3.05, 3.63) is 97.2 Å². The lowest BCUT2D eigenvalue weighted by molar-refractivity contribution is -0.302. The van der Waals surface area contributed by atoms with Gasteiger partial charge in [-0.05, 0) is 83.5 Å². The van der Waals surface area contributed by atoms with Gasteiger partial charge in [-0.1, -0.05) is 130 Å². The Labute approximate surface area is 326 Å². The van der Waals surface area contributed by atoms with E-state index in [1.807, 2.05) is 6.08 Å². The van der Waals surface area contributed by atoms with Crippen LogP contribution in [0.15, 0.2) is 97.2 Å². The van der Waals surface area contributed by atoms with Gasteiger partial charge in [0.1, 0.15) is 24.4 Å². The number of aliphatic hydroxyl groups excluding tert-OH is 5. The summed E-state index contributed by atoms with van der Waals surface area (Å²) in [4.78, 5) is 12.9. The highest BCUT2D eigenvalue weighted by Crippen LogP contribution is 2.22. The first kappa shape index (κ1) is 49.1. The quantitative estimate of drug-likeness (QED) is 0.0311. The number of rotatable bonds is 31. The second kappa shape index (κ2) is 34.6. The summed E-state index contributed by atoms with van der Waals surface area (Å²) in [6.45, 7) is 3.52. The third-order valence-electron chi connectivity index (χ3n) is 8.87. The molecule has 1 fully saturated rings. The Kier molecular flexibility index (Phi) is 31.5. The molecular weight excluding hydrogens is 682 g/mol. The molecule has 0 bridgehead atoms. The van der Waals surface area contributed by atoms with Gasteiger partial charge in [0.2, 0.25) is 5.91 Å². The molecule has 0 aromatic carbocycles. The number of unbranched alkanes of at least 4 members (excludes halogenated alkanes) is 7. The molecule has 1 saturated heterocycles. The van der Waals surface area contributed by atoms with Crippen LogP contribution in [0, 0.1) is 0 Å². The van der Waals surface area contributed by atoms with Crippen LogP contribution in [0.5, 0.6) is 0 Å². The Morgan fingerprint density at radius 3 is 1.74 bits per heavy atom. The molecule has 6 N–H and O–H groups in total. The third-order valence-corrected chi connectivity index (χ3v) is 8.87. The van der Waals surface area contributed by atoms with E-state index in [1.54, 1.807) is 6.08 Å². The fourth-order valence-electron chi connectivity index (χ4n) is 5.55. The van der Waals surface area contributed by atoms with Gasteiger partial charge in [-0.2, -0.15) is 0 Å². The van der Waals surface area contributed by atoms with Gasteiger partial charge in [0.05, 0.1) is 25.4 Å². The van der Waals surface area contributed by atoms with Gasteiger partial charge in [0.15, 0.2) is 6.29 Å². The summed E-state index contributed by atoms with van der Waals surface area (Å²) in [6, 6.07) is -0.850. The lowest BCUT2D eigenvalue weighted by atomic mass is 9.99. The van der Waals surface area contributed by atoms with E-state index in [1.165, 1.54) is 12.8 Å². The summed E-state index contributed by atoms with van der Waals surface area (Å²) in [7, 11) is 0. The number of carbonyl (C=O) groups is 1. The van der Waals surface area contributed by atoms with Crippen LogP contribution < -0.4 is 5.32 Å². The smallest absolute Gasteiger partial charge is 0.220 e. The summed E-state index contributed by atoms with van der Waals surface area (Å²) in [5.41, 5.74) is 0. The zero-order valence-electron chi connectivity index (χ0n) is 33.2. The Bertz CT molecular complexity index is 1150. The van der Waals surface area contributed by atoms with E-state index in [-0.39, 0.29) is 18.9 Å². The van der Waals surface area contributed by atoms with Crippen LogP contribution in [0.4, 0.5) is 0 Å². The van der Waals surface area contributed by atoms with E-state index in [4.69, 9.17) is 9.47 Å². The zero-order chi connectivity index (χ0) is 39.5. The molecule has 1 amide bonds. The first-order chi connectivity index (χ1) is 26.3. The SMILES string of the molecule is CC/C=C\C/C=C\C/C=C\C/C=C\C/C=C\CCCCCC(=O)NC(COC1OC(CO)C(O)C(O)C1O)C(O)/C=C/CC/C=C/CC/C=C/CCCC. The number of hydrogen-bond donors (Lipinski definition) is 6. The molecule has 1 heterocycles. The molecule has 54 heavy (non-hydrogen) atoms. The van der Waals surface area contributed by atoms with Crippen LogP contribution in [0.1, 0.15) is 123 Å². The Morgan fingerprint density at radius 1 is 0.648 bits per heavy atom. The van der Waals surface area contributed by atoms with E-state index < -0.39 is 49.5 Å². The van der Waals surface area contributed by atoms with Crippen molar-refractivity contribution in [2.75, 3.05) is 13.2 Å². The largest absolute Gasteiger partial charge is 0.394 e. The zero-order valence-corrected chi connectivity index (χ0v) is 33.2. The molecule has 1 aliphatic rings. The molecule has 0 aliphatic carbocycles. The average Bonchev–Trinajstić information content (AvgIpc) is 3.17. The number of carbonyl (C=O) groups excluding carboxylic acids is 1. The second-order valence-corrected chi connectivity index (χ2v) is 13.7. The van der Waals surface area contributed by atoms with Gasteiger partial charge in [-0.25, -0.2) is 0 Å². The number of ether oxygens (including phenoxy) is 2. The van der Waals surface area contributed by atoms with E-state index in [0.29, 0.717) is 12.8 Å². The van der Waals surface area contributed by atoms with Gasteiger partial charge in [0.25, 0.3) is 0 Å². The van der Waals surface area contributed by atoms with Crippen molar-refractivity contribution in [2.45, 2.75) is 166 Å². The van der Waals surface area contributed by atoms with Crippen LogP contribution in [0.2, 0.25) is 0 Å². The number of aliphatic hydroxyl groups is 5. The maximum absolute atomic E-state index is 12.9. The fourth-order valence-corrected chi connectivity index (χ4v) is 5.55. The predicted molar refractivity (Wildman–Crippen MR) is 221 cm³/mol. The van der Waals surface area contributed by atoms with Crippen LogP contribution in [0.3, 0.4) is 0 Å². The van der Waals surface area contributed by atoms with Crippen molar-refractivity contribution in [3.63, 3.8) is 0 Å². The van der Waals surface area contributed by atoms with E-state index in [9.17, 15) is 30.3 Å². The molecule has 1 rings (SSSR count). The molecule has 306 valence electrons. The van der Waals surface area contributed by atoms with Crippen molar-refractivity contribution in [1.29, 1.82) is 0 Å². The van der Waals surface area contributed by atoms with Gasteiger partial charge >= 0.3 is 0 Å². The molecule has 7 unspecified atom stereocenters. The van der Waals surface area contributed by atoms with Gasteiger partial charge in [0, 0.05) is 6.42 Å². The molecule has 0 spiro atoms. The molecule has 1 aliphatic heterocycles. The summed E-state index contributed by atoms with van der Waals surface area (Å²) in [6.07, 6.45) is 41.6. The monoisotopic (exact) mass is 756 g/mol. The Balaban J connectivity index is 2.47. The molecular formula is C45H73NO8. The predicted octanol–water partition coefficient (Wildman–Crippen LogP) is 7.77. The summed E-state index contributed by atoms with van der Waals surface area (Å²) >= 11 is 0. The second-order valence-electron chi connectivity index (χ2n) is 13.7. The van der Waals surface area contributed by atoms with Crippen molar-refractivity contribution >= 4 is 5.91 Å². The maximum Gasteiger partial charge on any atom is 0.220 e. The summed E-state index contributed by atoms with van der Waals surface area (Å²) in [5, 5.41) is 53.9. The van der Waals surface area contributed by atoms with Crippen molar-refractivity contribution in [1.82, 2.24) is 5.32 Å². The lowest BCUT2D eigenvalue weighted by Crippen LogP contribution is -2.60. The van der Waals surface area contributed by atoms with Gasteiger partial charge < -0.3 is 40.3 Å². The van der Waals surface area contributed by atoms with Crippen LogP contribution in [0.25, 0.3) is 0 Å². The van der Waals surface area contributed by atoms with Gasteiger partial charge in [-0.3, -0.25) is 4.79 Å². The van der Waals surface area contributed by atoms with Crippen LogP contribution in [-0.2, 0) is 14.3 Å². The topological polar surface area (TPSA) is 149 Å². The molecule has 7 atom stereocenters.